The quantitative estimate of drug-likeness (QED) is 0.552. The lowest BCUT2D eigenvalue weighted by molar-refractivity contribution is 0.342. The van der Waals surface area contributed by atoms with Crippen LogP contribution in [0.3, 0.4) is 0 Å². The van der Waals surface area contributed by atoms with Gasteiger partial charge >= 0.3 is 0 Å². The first-order valence-corrected chi connectivity index (χ1v) is 9.12. The summed E-state index contributed by atoms with van der Waals surface area (Å²) >= 11 is 0. The molecule has 26 heavy (non-hydrogen) atoms. The molecule has 1 fully saturated rings. The van der Waals surface area contributed by atoms with Gasteiger partial charge in [0, 0.05) is 41.9 Å². The molecule has 0 aromatic carbocycles. The summed E-state index contributed by atoms with van der Waals surface area (Å²) in [5.41, 5.74) is 2.84. The molecule has 0 spiro atoms. The lowest BCUT2D eigenvalue weighted by Gasteiger charge is -2.28. The van der Waals surface area contributed by atoms with Crippen LogP contribution in [-0.4, -0.2) is 26.2 Å². The van der Waals surface area contributed by atoms with Crippen molar-refractivity contribution in [3.05, 3.63) is 30.1 Å². The molecule has 3 aromatic heterocycles. The molecule has 7 heteroatoms. The SMILES string of the molecule is Cc1cc(Nc2cc(NC3CCC(CC#N)CC3)nc3[nH]ccc23)n[nH]1. The Labute approximate surface area is 152 Å². The van der Waals surface area contributed by atoms with Gasteiger partial charge in [-0.3, -0.25) is 5.10 Å². The third-order valence-corrected chi connectivity index (χ3v) is 5.08. The van der Waals surface area contributed by atoms with E-state index in [0.29, 0.717) is 18.4 Å². The van der Waals surface area contributed by atoms with Gasteiger partial charge in [-0.15, -0.1) is 0 Å². The molecule has 0 bridgehead atoms. The third kappa shape index (κ3) is 3.49. The summed E-state index contributed by atoms with van der Waals surface area (Å²) in [6.07, 6.45) is 6.95. The van der Waals surface area contributed by atoms with E-state index in [2.05, 4.69) is 31.9 Å². The van der Waals surface area contributed by atoms with Crippen molar-refractivity contribution in [2.45, 2.75) is 45.1 Å². The minimum absolute atomic E-state index is 0.408. The molecule has 4 N–H and O–H groups in total. The van der Waals surface area contributed by atoms with Crippen molar-refractivity contribution in [2.24, 2.45) is 5.92 Å². The second kappa shape index (κ2) is 7.08. The van der Waals surface area contributed by atoms with Crippen molar-refractivity contribution in [3.63, 3.8) is 0 Å². The van der Waals surface area contributed by atoms with Gasteiger partial charge in [-0.1, -0.05) is 0 Å². The maximum atomic E-state index is 8.86. The van der Waals surface area contributed by atoms with E-state index in [1.54, 1.807) is 0 Å². The van der Waals surface area contributed by atoms with Crippen LogP contribution in [0.25, 0.3) is 11.0 Å². The standard InChI is InChI=1S/C19H23N7/c1-12-10-18(26-25-12)23-16-11-17(24-19-15(16)7-9-21-19)22-14-4-2-13(3-5-14)6-8-20/h7,9-11,13-14H,2-6H2,1H3,(H4,21,22,23,24,25,26). The second-order valence-corrected chi connectivity index (χ2v) is 7.08. The topological polar surface area (TPSA) is 105 Å². The smallest absolute Gasteiger partial charge is 0.152 e. The van der Waals surface area contributed by atoms with Crippen molar-refractivity contribution in [1.82, 2.24) is 20.2 Å². The van der Waals surface area contributed by atoms with Crippen LogP contribution in [0.4, 0.5) is 17.3 Å². The van der Waals surface area contributed by atoms with Crippen molar-refractivity contribution in [3.8, 4) is 6.07 Å². The van der Waals surface area contributed by atoms with Crippen molar-refractivity contribution >= 4 is 28.4 Å². The van der Waals surface area contributed by atoms with Gasteiger partial charge in [-0.2, -0.15) is 10.4 Å². The first kappa shape index (κ1) is 16.5. The van der Waals surface area contributed by atoms with Crippen molar-refractivity contribution < 1.29 is 0 Å². The van der Waals surface area contributed by atoms with Gasteiger partial charge in [0.25, 0.3) is 0 Å². The van der Waals surface area contributed by atoms with Crippen molar-refractivity contribution in [1.29, 1.82) is 5.26 Å². The van der Waals surface area contributed by atoms with Gasteiger partial charge in [0.15, 0.2) is 5.82 Å². The molecule has 134 valence electrons. The minimum Gasteiger partial charge on any atom is -0.367 e. The number of fused-ring (bicyclic) bond motifs is 1. The average Bonchev–Trinajstić information content (AvgIpc) is 3.26. The highest BCUT2D eigenvalue weighted by molar-refractivity contribution is 5.92. The largest absolute Gasteiger partial charge is 0.367 e. The maximum absolute atomic E-state index is 8.86. The van der Waals surface area contributed by atoms with Crippen LogP contribution in [0.1, 0.15) is 37.8 Å². The average molecular weight is 349 g/mol. The number of aromatic nitrogens is 4. The molecule has 7 nitrogen and oxygen atoms in total. The minimum atomic E-state index is 0.408. The molecule has 4 rings (SSSR count). The van der Waals surface area contributed by atoms with Gasteiger partial charge < -0.3 is 15.6 Å². The van der Waals surface area contributed by atoms with E-state index in [0.717, 1.165) is 59.7 Å². The predicted octanol–water partition coefficient (Wildman–Crippen LogP) is 4.22. The van der Waals surface area contributed by atoms with Crippen LogP contribution in [0, 0.1) is 24.2 Å². The van der Waals surface area contributed by atoms with Crippen LogP contribution >= 0.6 is 0 Å². The Morgan fingerprint density at radius 1 is 1.23 bits per heavy atom. The highest BCUT2D eigenvalue weighted by Gasteiger charge is 2.21. The monoisotopic (exact) mass is 349 g/mol. The first-order chi connectivity index (χ1) is 12.7. The van der Waals surface area contributed by atoms with E-state index in [-0.39, 0.29) is 0 Å². The van der Waals surface area contributed by atoms with E-state index in [4.69, 9.17) is 10.2 Å². The highest BCUT2D eigenvalue weighted by Crippen LogP contribution is 2.31. The van der Waals surface area contributed by atoms with Gasteiger partial charge in [0.2, 0.25) is 0 Å². The first-order valence-electron chi connectivity index (χ1n) is 9.12. The number of nitrogens with one attached hydrogen (secondary N) is 4. The van der Waals surface area contributed by atoms with Crippen LogP contribution < -0.4 is 10.6 Å². The van der Waals surface area contributed by atoms with Crippen LogP contribution in [0.5, 0.6) is 0 Å². The molecule has 1 saturated carbocycles. The number of hydrogen-bond acceptors (Lipinski definition) is 5. The fourth-order valence-electron chi connectivity index (χ4n) is 3.68. The number of hydrogen-bond donors (Lipinski definition) is 4. The Morgan fingerprint density at radius 3 is 2.81 bits per heavy atom. The molecule has 0 unspecified atom stereocenters. The molecular formula is C19H23N7. The van der Waals surface area contributed by atoms with E-state index < -0.39 is 0 Å². The fourth-order valence-corrected chi connectivity index (χ4v) is 3.68. The fraction of sp³-hybridized carbons (Fsp3) is 0.421. The zero-order valence-electron chi connectivity index (χ0n) is 14.8. The Bertz CT molecular complexity index is 925. The molecule has 0 radical (unpaired) electrons. The van der Waals surface area contributed by atoms with E-state index >= 15 is 0 Å². The number of H-pyrrole nitrogens is 2. The predicted molar refractivity (Wildman–Crippen MR) is 102 cm³/mol. The summed E-state index contributed by atoms with van der Waals surface area (Å²) in [5.74, 6) is 2.20. The number of aryl methyl sites for hydroxylation is 1. The maximum Gasteiger partial charge on any atom is 0.152 e. The van der Waals surface area contributed by atoms with Crippen LogP contribution in [0.2, 0.25) is 0 Å². The summed E-state index contributed by atoms with van der Waals surface area (Å²) in [6, 6.07) is 8.74. The Hall–Kier alpha value is -3.01. The Balaban J connectivity index is 1.52. The van der Waals surface area contributed by atoms with Gasteiger partial charge in [-0.25, -0.2) is 4.98 Å². The number of nitriles is 1. The summed E-state index contributed by atoms with van der Waals surface area (Å²) < 4.78 is 0. The van der Waals surface area contributed by atoms with E-state index in [1.807, 2.05) is 31.3 Å². The van der Waals surface area contributed by atoms with Gasteiger partial charge in [0.05, 0.1) is 11.8 Å². The number of anilines is 3. The van der Waals surface area contributed by atoms with Crippen LogP contribution in [0.15, 0.2) is 24.4 Å². The van der Waals surface area contributed by atoms with E-state index in [9.17, 15) is 0 Å². The lowest BCUT2D eigenvalue weighted by atomic mass is 9.84. The highest BCUT2D eigenvalue weighted by atomic mass is 15.2. The van der Waals surface area contributed by atoms with Gasteiger partial charge in [-0.05, 0) is 44.6 Å². The number of pyridine rings is 1. The Kier molecular flexibility index (Phi) is 4.48. The zero-order chi connectivity index (χ0) is 17.9. The lowest BCUT2D eigenvalue weighted by Crippen LogP contribution is -2.26. The molecular weight excluding hydrogens is 326 g/mol. The summed E-state index contributed by atoms with van der Waals surface area (Å²) in [4.78, 5) is 7.90. The zero-order valence-corrected chi connectivity index (χ0v) is 14.8. The van der Waals surface area contributed by atoms with Gasteiger partial charge in [0.1, 0.15) is 11.5 Å². The number of nitrogens with zero attached hydrogens (tertiary/aromatic N) is 3. The molecule has 0 saturated heterocycles. The van der Waals surface area contributed by atoms with E-state index in [1.165, 1.54) is 0 Å². The summed E-state index contributed by atoms with van der Waals surface area (Å²) in [5, 5.41) is 24.1. The molecule has 0 atom stereocenters. The second-order valence-electron chi connectivity index (χ2n) is 7.08. The summed E-state index contributed by atoms with van der Waals surface area (Å²) in [6.45, 7) is 1.98. The van der Waals surface area contributed by atoms with Crippen LogP contribution in [-0.2, 0) is 0 Å². The summed E-state index contributed by atoms with van der Waals surface area (Å²) in [7, 11) is 0. The Morgan fingerprint density at radius 2 is 2.08 bits per heavy atom. The number of rotatable bonds is 5. The molecule has 3 aromatic rings. The molecule has 0 amide bonds. The normalized spacial score (nSPS) is 20.0. The molecule has 0 aliphatic heterocycles. The molecule has 1 aliphatic rings. The third-order valence-electron chi connectivity index (χ3n) is 5.08. The van der Waals surface area contributed by atoms with Crippen molar-refractivity contribution in [2.75, 3.05) is 10.6 Å². The molecule has 1 aliphatic carbocycles. The number of aromatic amines is 2. The molecule has 3 heterocycles.